The van der Waals surface area contributed by atoms with Crippen molar-refractivity contribution in [2.24, 2.45) is 0 Å². The normalized spacial score (nSPS) is 12.2. The standard InChI is InChI=1S/C16H16Cl2FNO/c1-3-20-16(14-11(17)7-5-8-12(14)18)10-6-4-9-13(21-2)15(10)19/h4-9,16,20H,3H2,1-2H3. The van der Waals surface area contributed by atoms with Crippen LogP contribution < -0.4 is 10.1 Å². The smallest absolute Gasteiger partial charge is 0.170 e. The van der Waals surface area contributed by atoms with Gasteiger partial charge in [-0.15, -0.1) is 0 Å². The fourth-order valence-electron chi connectivity index (χ4n) is 2.27. The van der Waals surface area contributed by atoms with Gasteiger partial charge in [0, 0.05) is 21.2 Å². The van der Waals surface area contributed by atoms with Gasteiger partial charge in [0.1, 0.15) is 0 Å². The molecular formula is C16H16Cl2FNO. The molecule has 1 atom stereocenters. The highest BCUT2D eigenvalue weighted by atomic mass is 35.5. The fourth-order valence-corrected chi connectivity index (χ4v) is 2.88. The topological polar surface area (TPSA) is 21.3 Å². The molecule has 21 heavy (non-hydrogen) atoms. The van der Waals surface area contributed by atoms with Gasteiger partial charge in [-0.05, 0) is 24.7 Å². The Labute approximate surface area is 133 Å². The van der Waals surface area contributed by atoms with Crippen LogP contribution in [0.25, 0.3) is 0 Å². The Bertz CT molecular complexity index is 613. The van der Waals surface area contributed by atoms with Crippen LogP contribution in [0.15, 0.2) is 36.4 Å². The number of ether oxygens (including phenoxy) is 1. The van der Waals surface area contributed by atoms with Crippen LogP contribution in [0.2, 0.25) is 10.0 Å². The zero-order valence-corrected chi connectivity index (χ0v) is 13.3. The Morgan fingerprint density at radius 2 is 1.76 bits per heavy atom. The van der Waals surface area contributed by atoms with E-state index in [0.29, 0.717) is 27.7 Å². The lowest BCUT2D eigenvalue weighted by Gasteiger charge is -2.22. The van der Waals surface area contributed by atoms with Crippen molar-refractivity contribution in [2.75, 3.05) is 13.7 Å². The Morgan fingerprint density at radius 3 is 2.33 bits per heavy atom. The molecule has 2 aromatic rings. The predicted molar refractivity (Wildman–Crippen MR) is 84.9 cm³/mol. The van der Waals surface area contributed by atoms with E-state index in [0.717, 1.165) is 0 Å². The maximum absolute atomic E-state index is 14.5. The first-order valence-electron chi connectivity index (χ1n) is 6.59. The highest BCUT2D eigenvalue weighted by molar-refractivity contribution is 6.36. The summed E-state index contributed by atoms with van der Waals surface area (Å²) < 4.78 is 19.6. The molecule has 0 saturated heterocycles. The Kier molecular flexibility index (Phi) is 5.45. The summed E-state index contributed by atoms with van der Waals surface area (Å²) in [6.07, 6.45) is 0. The lowest BCUT2D eigenvalue weighted by atomic mass is 9.97. The van der Waals surface area contributed by atoms with E-state index in [9.17, 15) is 4.39 Å². The summed E-state index contributed by atoms with van der Waals surface area (Å²) in [6.45, 7) is 2.58. The van der Waals surface area contributed by atoms with Gasteiger partial charge in [-0.25, -0.2) is 4.39 Å². The monoisotopic (exact) mass is 327 g/mol. The quantitative estimate of drug-likeness (QED) is 0.848. The van der Waals surface area contributed by atoms with Crippen LogP contribution in [0.4, 0.5) is 4.39 Å². The molecule has 2 rings (SSSR count). The van der Waals surface area contributed by atoms with E-state index < -0.39 is 11.9 Å². The van der Waals surface area contributed by atoms with Crippen molar-refractivity contribution in [3.05, 3.63) is 63.4 Å². The van der Waals surface area contributed by atoms with Gasteiger partial charge in [-0.3, -0.25) is 0 Å². The van der Waals surface area contributed by atoms with Crippen molar-refractivity contribution in [2.45, 2.75) is 13.0 Å². The molecule has 0 aliphatic carbocycles. The number of benzene rings is 2. The summed E-state index contributed by atoms with van der Waals surface area (Å²) in [6, 6.07) is 9.83. The molecule has 0 amide bonds. The van der Waals surface area contributed by atoms with E-state index in [1.54, 1.807) is 36.4 Å². The van der Waals surface area contributed by atoms with Gasteiger partial charge in [0.2, 0.25) is 0 Å². The molecule has 0 heterocycles. The number of methoxy groups -OCH3 is 1. The molecule has 2 nitrogen and oxygen atoms in total. The molecule has 0 aliphatic rings. The molecule has 1 N–H and O–H groups in total. The van der Waals surface area contributed by atoms with E-state index in [1.807, 2.05) is 6.92 Å². The van der Waals surface area contributed by atoms with Crippen molar-refractivity contribution >= 4 is 23.2 Å². The van der Waals surface area contributed by atoms with Gasteiger partial charge in [-0.2, -0.15) is 0 Å². The summed E-state index contributed by atoms with van der Waals surface area (Å²) in [4.78, 5) is 0. The van der Waals surface area contributed by atoms with Crippen molar-refractivity contribution in [3.63, 3.8) is 0 Å². The third kappa shape index (κ3) is 3.31. The van der Waals surface area contributed by atoms with Gasteiger partial charge < -0.3 is 10.1 Å². The minimum Gasteiger partial charge on any atom is -0.494 e. The molecule has 0 saturated carbocycles. The van der Waals surface area contributed by atoms with Gasteiger partial charge in [0.25, 0.3) is 0 Å². The van der Waals surface area contributed by atoms with Crippen molar-refractivity contribution < 1.29 is 9.13 Å². The predicted octanol–water partition coefficient (Wildman–Crippen LogP) is 4.84. The Morgan fingerprint density at radius 1 is 1.14 bits per heavy atom. The number of hydrogen-bond donors (Lipinski definition) is 1. The van der Waals surface area contributed by atoms with Crippen molar-refractivity contribution in [3.8, 4) is 5.75 Å². The van der Waals surface area contributed by atoms with E-state index in [2.05, 4.69) is 5.32 Å². The highest BCUT2D eigenvalue weighted by Gasteiger charge is 2.23. The maximum atomic E-state index is 14.5. The lowest BCUT2D eigenvalue weighted by Crippen LogP contribution is -2.23. The summed E-state index contributed by atoms with van der Waals surface area (Å²) in [5.74, 6) is -0.222. The number of halogens is 3. The molecule has 5 heteroatoms. The van der Waals surface area contributed by atoms with E-state index >= 15 is 0 Å². The van der Waals surface area contributed by atoms with Crippen LogP contribution in [0.3, 0.4) is 0 Å². The molecule has 0 fully saturated rings. The molecule has 0 aromatic heterocycles. The number of nitrogens with one attached hydrogen (secondary N) is 1. The molecule has 1 unspecified atom stereocenters. The van der Waals surface area contributed by atoms with Crippen molar-refractivity contribution in [1.82, 2.24) is 5.32 Å². The maximum Gasteiger partial charge on any atom is 0.170 e. The van der Waals surface area contributed by atoms with Crippen molar-refractivity contribution in [1.29, 1.82) is 0 Å². The summed E-state index contributed by atoms with van der Waals surface area (Å²) in [5, 5.41) is 4.22. The molecular weight excluding hydrogens is 312 g/mol. The Balaban J connectivity index is 2.59. The van der Waals surface area contributed by atoms with Crippen LogP contribution in [-0.4, -0.2) is 13.7 Å². The summed E-state index contributed by atoms with van der Waals surface area (Å²) >= 11 is 12.5. The van der Waals surface area contributed by atoms with Gasteiger partial charge in [-0.1, -0.05) is 48.3 Å². The van der Waals surface area contributed by atoms with Gasteiger partial charge >= 0.3 is 0 Å². The number of rotatable bonds is 5. The second kappa shape index (κ2) is 7.12. The van der Waals surface area contributed by atoms with Crippen LogP contribution in [-0.2, 0) is 0 Å². The van der Waals surface area contributed by atoms with E-state index in [4.69, 9.17) is 27.9 Å². The lowest BCUT2D eigenvalue weighted by molar-refractivity contribution is 0.382. The highest BCUT2D eigenvalue weighted by Crippen LogP contribution is 2.36. The van der Waals surface area contributed by atoms with Gasteiger partial charge in [0.15, 0.2) is 11.6 Å². The molecule has 112 valence electrons. The molecule has 0 spiro atoms. The third-order valence-corrected chi connectivity index (χ3v) is 3.88. The van der Waals surface area contributed by atoms with Gasteiger partial charge in [0.05, 0.1) is 13.2 Å². The first-order chi connectivity index (χ1) is 10.1. The molecule has 2 aromatic carbocycles. The molecule has 0 radical (unpaired) electrons. The minimum absolute atomic E-state index is 0.193. The first kappa shape index (κ1) is 16.1. The van der Waals surface area contributed by atoms with Crippen LogP contribution in [0.5, 0.6) is 5.75 Å². The van der Waals surface area contributed by atoms with E-state index in [-0.39, 0.29) is 5.75 Å². The molecule has 0 bridgehead atoms. The minimum atomic E-state index is -0.439. The zero-order valence-electron chi connectivity index (χ0n) is 11.8. The number of hydrogen-bond acceptors (Lipinski definition) is 2. The summed E-state index contributed by atoms with van der Waals surface area (Å²) in [7, 11) is 1.44. The van der Waals surface area contributed by atoms with Crippen LogP contribution in [0, 0.1) is 5.82 Å². The van der Waals surface area contributed by atoms with Crippen LogP contribution >= 0.6 is 23.2 Å². The third-order valence-electron chi connectivity index (χ3n) is 3.22. The second-order valence-corrected chi connectivity index (χ2v) is 5.30. The summed E-state index contributed by atoms with van der Waals surface area (Å²) in [5.41, 5.74) is 1.11. The SMILES string of the molecule is CCNC(c1cccc(OC)c1F)c1c(Cl)cccc1Cl. The fraction of sp³-hybridized carbons (Fsp3) is 0.250. The van der Waals surface area contributed by atoms with Crippen LogP contribution in [0.1, 0.15) is 24.1 Å². The first-order valence-corrected chi connectivity index (χ1v) is 7.35. The molecule has 0 aliphatic heterocycles. The van der Waals surface area contributed by atoms with E-state index in [1.165, 1.54) is 7.11 Å². The largest absolute Gasteiger partial charge is 0.494 e. The average molecular weight is 328 g/mol. The Hall–Kier alpha value is -1.29. The second-order valence-electron chi connectivity index (χ2n) is 4.49. The zero-order chi connectivity index (χ0) is 15.4. The average Bonchev–Trinajstić information content (AvgIpc) is 2.46.